The Labute approximate surface area is 143 Å². The van der Waals surface area contributed by atoms with Crippen molar-refractivity contribution in [3.63, 3.8) is 0 Å². The molecular formula is C18H16BrNO3. The van der Waals surface area contributed by atoms with Crippen molar-refractivity contribution in [3.05, 3.63) is 75.8 Å². The van der Waals surface area contributed by atoms with Crippen molar-refractivity contribution >= 4 is 33.9 Å². The average molecular weight is 374 g/mol. The fraction of sp³-hybridized carbons (Fsp3) is 0.111. The van der Waals surface area contributed by atoms with Crippen LogP contribution in [0.2, 0.25) is 0 Å². The Morgan fingerprint density at radius 2 is 1.87 bits per heavy atom. The Bertz CT molecular complexity index is 726. The van der Waals surface area contributed by atoms with Gasteiger partial charge in [-0.3, -0.25) is 4.79 Å². The van der Waals surface area contributed by atoms with E-state index in [1.165, 1.54) is 6.08 Å². The van der Waals surface area contributed by atoms with Crippen molar-refractivity contribution in [1.29, 1.82) is 0 Å². The van der Waals surface area contributed by atoms with E-state index in [1.807, 2.05) is 30.3 Å². The summed E-state index contributed by atoms with van der Waals surface area (Å²) in [4.78, 5) is 22.8. The van der Waals surface area contributed by atoms with E-state index in [0.717, 1.165) is 22.5 Å². The predicted molar refractivity (Wildman–Crippen MR) is 93.3 cm³/mol. The number of aliphatic carboxylic acids is 1. The second kappa shape index (κ2) is 8.29. The summed E-state index contributed by atoms with van der Waals surface area (Å²) in [5.74, 6) is -1.22. The topological polar surface area (TPSA) is 66.4 Å². The van der Waals surface area contributed by atoms with E-state index < -0.39 is 5.97 Å². The second-order valence-corrected chi connectivity index (χ2v) is 5.85. The number of benzene rings is 2. The lowest BCUT2D eigenvalue weighted by Crippen LogP contribution is -2.25. The first-order valence-corrected chi connectivity index (χ1v) is 7.87. The smallest absolute Gasteiger partial charge is 0.328 e. The van der Waals surface area contributed by atoms with Crippen LogP contribution in [0.3, 0.4) is 0 Å². The first-order chi connectivity index (χ1) is 11.0. The highest BCUT2D eigenvalue weighted by molar-refractivity contribution is 9.10. The molecule has 0 fully saturated rings. The highest BCUT2D eigenvalue weighted by Crippen LogP contribution is 2.17. The van der Waals surface area contributed by atoms with Crippen LogP contribution in [0.15, 0.2) is 59.1 Å². The quantitative estimate of drug-likeness (QED) is 0.761. The van der Waals surface area contributed by atoms with Crippen LogP contribution in [0.1, 0.15) is 21.5 Å². The van der Waals surface area contributed by atoms with Gasteiger partial charge in [-0.15, -0.1) is 0 Å². The van der Waals surface area contributed by atoms with Gasteiger partial charge < -0.3 is 10.4 Å². The fourth-order valence-corrected chi connectivity index (χ4v) is 2.59. The van der Waals surface area contributed by atoms with Gasteiger partial charge in [0.25, 0.3) is 5.91 Å². The second-order valence-electron chi connectivity index (χ2n) is 4.94. The molecule has 4 nitrogen and oxygen atoms in total. The third kappa shape index (κ3) is 5.71. The molecule has 0 bridgehead atoms. The van der Waals surface area contributed by atoms with Crippen LogP contribution in [-0.4, -0.2) is 23.5 Å². The molecule has 1 amide bonds. The van der Waals surface area contributed by atoms with E-state index in [1.54, 1.807) is 18.2 Å². The van der Waals surface area contributed by atoms with Crippen molar-refractivity contribution < 1.29 is 14.7 Å². The summed E-state index contributed by atoms with van der Waals surface area (Å²) in [6, 6.07) is 15.0. The SMILES string of the molecule is O=C(O)/C=C/c1cc(Br)cc(C(=O)NCCc2ccccc2)c1. The zero-order valence-corrected chi connectivity index (χ0v) is 13.9. The summed E-state index contributed by atoms with van der Waals surface area (Å²) in [6.45, 7) is 0.537. The van der Waals surface area contributed by atoms with E-state index in [4.69, 9.17) is 5.11 Å². The number of rotatable bonds is 6. The van der Waals surface area contributed by atoms with Crippen molar-refractivity contribution in [2.45, 2.75) is 6.42 Å². The molecule has 0 heterocycles. The molecule has 0 saturated carbocycles. The molecule has 118 valence electrons. The van der Waals surface area contributed by atoms with E-state index in [2.05, 4.69) is 21.2 Å². The van der Waals surface area contributed by atoms with Gasteiger partial charge in [-0.25, -0.2) is 4.79 Å². The summed E-state index contributed by atoms with van der Waals surface area (Å²) < 4.78 is 0.721. The molecule has 0 atom stereocenters. The molecule has 0 saturated heterocycles. The predicted octanol–water partition coefficient (Wildman–Crippen LogP) is 3.52. The van der Waals surface area contributed by atoms with Crippen molar-refractivity contribution in [3.8, 4) is 0 Å². The molecule has 0 unspecified atom stereocenters. The van der Waals surface area contributed by atoms with E-state index in [0.29, 0.717) is 17.7 Å². The van der Waals surface area contributed by atoms with Crippen molar-refractivity contribution in [1.82, 2.24) is 5.32 Å². The number of carboxylic acid groups (broad SMARTS) is 1. The maximum Gasteiger partial charge on any atom is 0.328 e. The van der Waals surface area contributed by atoms with Crippen LogP contribution in [0, 0.1) is 0 Å². The van der Waals surface area contributed by atoms with Gasteiger partial charge in [-0.2, -0.15) is 0 Å². The van der Waals surface area contributed by atoms with Crippen LogP contribution in [0.25, 0.3) is 6.08 Å². The minimum Gasteiger partial charge on any atom is -0.478 e. The molecule has 0 aliphatic carbocycles. The summed E-state index contributed by atoms with van der Waals surface area (Å²) in [7, 11) is 0. The molecule has 0 spiro atoms. The number of hydrogen-bond donors (Lipinski definition) is 2. The standard InChI is InChI=1S/C18H16BrNO3/c19-16-11-14(6-7-17(21)22)10-15(12-16)18(23)20-9-8-13-4-2-1-3-5-13/h1-7,10-12H,8-9H2,(H,20,23)(H,21,22)/b7-6+. The van der Waals surface area contributed by atoms with Crippen LogP contribution in [0.4, 0.5) is 0 Å². The molecule has 5 heteroatoms. The lowest BCUT2D eigenvalue weighted by molar-refractivity contribution is -0.131. The summed E-state index contributed by atoms with van der Waals surface area (Å²) in [6.07, 6.45) is 3.25. The summed E-state index contributed by atoms with van der Waals surface area (Å²) in [5.41, 5.74) is 2.29. The first kappa shape index (κ1) is 17.0. The van der Waals surface area contributed by atoms with E-state index in [-0.39, 0.29) is 5.91 Å². The van der Waals surface area contributed by atoms with Crippen LogP contribution in [0.5, 0.6) is 0 Å². The normalized spacial score (nSPS) is 10.7. The Balaban J connectivity index is 2.00. The molecule has 0 aliphatic rings. The number of carbonyl (C=O) groups is 2. The molecule has 2 aromatic carbocycles. The van der Waals surface area contributed by atoms with E-state index >= 15 is 0 Å². The Kier molecular flexibility index (Phi) is 6.11. The number of amides is 1. The first-order valence-electron chi connectivity index (χ1n) is 7.08. The number of carbonyl (C=O) groups excluding carboxylic acids is 1. The van der Waals surface area contributed by atoms with E-state index in [9.17, 15) is 9.59 Å². The monoisotopic (exact) mass is 373 g/mol. The van der Waals surface area contributed by atoms with Gasteiger partial charge in [0, 0.05) is 22.7 Å². The maximum atomic E-state index is 12.2. The number of carboxylic acids is 1. The highest BCUT2D eigenvalue weighted by atomic mass is 79.9. The molecule has 23 heavy (non-hydrogen) atoms. The summed E-state index contributed by atoms with van der Waals surface area (Å²) in [5, 5.41) is 11.5. The van der Waals surface area contributed by atoms with Gasteiger partial charge in [0.1, 0.15) is 0 Å². The molecule has 2 N–H and O–H groups in total. The average Bonchev–Trinajstić information content (AvgIpc) is 2.53. The van der Waals surface area contributed by atoms with Gasteiger partial charge in [0.15, 0.2) is 0 Å². The minimum atomic E-state index is -1.03. The molecular weight excluding hydrogens is 358 g/mol. The van der Waals surface area contributed by atoms with Crippen LogP contribution >= 0.6 is 15.9 Å². The van der Waals surface area contributed by atoms with Gasteiger partial charge >= 0.3 is 5.97 Å². The van der Waals surface area contributed by atoms with Crippen molar-refractivity contribution in [2.24, 2.45) is 0 Å². The van der Waals surface area contributed by atoms with Gasteiger partial charge in [-0.05, 0) is 41.8 Å². The largest absolute Gasteiger partial charge is 0.478 e. The Morgan fingerprint density at radius 1 is 1.13 bits per heavy atom. The van der Waals surface area contributed by atoms with Gasteiger partial charge in [0.2, 0.25) is 0 Å². The Hall–Kier alpha value is -2.40. The highest BCUT2D eigenvalue weighted by Gasteiger charge is 2.07. The van der Waals surface area contributed by atoms with Gasteiger partial charge in [0.05, 0.1) is 0 Å². The fourth-order valence-electron chi connectivity index (χ4n) is 2.07. The number of halogens is 1. The lowest BCUT2D eigenvalue weighted by Gasteiger charge is -2.07. The zero-order chi connectivity index (χ0) is 16.7. The Morgan fingerprint density at radius 3 is 2.57 bits per heavy atom. The van der Waals surface area contributed by atoms with Crippen LogP contribution in [-0.2, 0) is 11.2 Å². The molecule has 2 aromatic rings. The molecule has 2 rings (SSSR count). The zero-order valence-electron chi connectivity index (χ0n) is 12.3. The summed E-state index contributed by atoms with van der Waals surface area (Å²) >= 11 is 3.33. The molecule has 0 radical (unpaired) electrons. The third-order valence-corrected chi connectivity index (χ3v) is 3.60. The number of hydrogen-bond acceptors (Lipinski definition) is 2. The molecule has 0 aromatic heterocycles. The number of nitrogens with one attached hydrogen (secondary N) is 1. The minimum absolute atomic E-state index is 0.188. The van der Waals surface area contributed by atoms with Gasteiger partial charge in [-0.1, -0.05) is 46.3 Å². The van der Waals surface area contributed by atoms with Crippen LogP contribution < -0.4 is 5.32 Å². The molecule has 0 aliphatic heterocycles. The third-order valence-electron chi connectivity index (χ3n) is 3.14. The maximum absolute atomic E-state index is 12.2. The lowest BCUT2D eigenvalue weighted by atomic mass is 10.1. The van der Waals surface area contributed by atoms with Crippen molar-refractivity contribution in [2.75, 3.05) is 6.54 Å².